The van der Waals surface area contributed by atoms with Crippen molar-refractivity contribution in [3.63, 3.8) is 0 Å². The molecule has 0 bridgehead atoms. The molecule has 0 saturated carbocycles. The fourth-order valence-corrected chi connectivity index (χ4v) is 4.38. The molecule has 0 aliphatic heterocycles. The highest BCUT2D eigenvalue weighted by molar-refractivity contribution is 7.89. The van der Waals surface area contributed by atoms with Crippen molar-refractivity contribution < 1.29 is 13.5 Å². The lowest BCUT2D eigenvalue weighted by molar-refractivity contribution is 0.455. The van der Waals surface area contributed by atoms with Crippen molar-refractivity contribution in [3.8, 4) is 5.75 Å². The number of anilines is 3. The fourth-order valence-electron chi connectivity index (χ4n) is 2.90. The van der Waals surface area contributed by atoms with Crippen LogP contribution in [0.4, 0.5) is 17.1 Å². The molecule has 0 saturated heterocycles. The van der Waals surface area contributed by atoms with Crippen molar-refractivity contribution in [1.82, 2.24) is 4.31 Å². The predicted molar refractivity (Wildman–Crippen MR) is 117 cm³/mol. The highest BCUT2D eigenvalue weighted by Gasteiger charge is 2.29. The molecule has 3 rings (SSSR count). The number of hydrogen-bond acceptors (Lipinski definition) is 7. The summed E-state index contributed by atoms with van der Waals surface area (Å²) in [5, 5.41) is 16.0. The van der Waals surface area contributed by atoms with Crippen LogP contribution in [0.5, 0.6) is 5.75 Å². The van der Waals surface area contributed by atoms with Crippen LogP contribution in [0.3, 0.4) is 0 Å². The number of sulfonamides is 1. The van der Waals surface area contributed by atoms with Crippen LogP contribution in [0.25, 0.3) is 0 Å². The van der Waals surface area contributed by atoms with Crippen molar-refractivity contribution in [3.05, 3.63) is 73.5 Å². The van der Waals surface area contributed by atoms with E-state index >= 15 is 0 Å². The van der Waals surface area contributed by atoms with Gasteiger partial charge in [-0.3, -0.25) is 9.59 Å². The zero-order valence-corrected chi connectivity index (χ0v) is 18.0. The van der Waals surface area contributed by atoms with E-state index in [0.717, 1.165) is 9.87 Å². The van der Waals surface area contributed by atoms with Crippen LogP contribution < -0.4 is 21.5 Å². The van der Waals surface area contributed by atoms with Crippen molar-refractivity contribution >= 4 is 38.7 Å². The summed E-state index contributed by atoms with van der Waals surface area (Å²) in [6.45, 7) is 1.83. The van der Waals surface area contributed by atoms with E-state index < -0.39 is 31.5 Å². The third-order valence-corrected chi connectivity index (χ3v) is 6.97. The summed E-state index contributed by atoms with van der Waals surface area (Å²) >= 11 is 5.99. The third-order valence-electron chi connectivity index (χ3n) is 4.65. The fraction of sp³-hybridized carbons (Fsp3) is 0.200. The van der Waals surface area contributed by atoms with E-state index in [9.17, 15) is 23.1 Å². The number of halogens is 1. The van der Waals surface area contributed by atoms with Gasteiger partial charge in [-0.2, -0.15) is 0 Å². The molecule has 3 aromatic rings. The van der Waals surface area contributed by atoms with E-state index in [1.54, 1.807) is 0 Å². The summed E-state index contributed by atoms with van der Waals surface area (Å²) in [6.07, 6.45) is 0. The molecule has 10 heteroatoms. The summed E-state index contributed by atoms with van der Waals surface area (Å²) < 4.78 is 25.9. The first-order chi connectivity index (χ1) is 14.1. The Bertz CT molecular complexity index is 1270. The predicted octanol–water partition coefficient (Wildman–Crippen LogP) is 2.81. The Morgan fingerprint density at radius 3 is 2.20 bits per heavy atom. The molecule has 0 heterocycles. The van der Waals surface area contributed by atoms with E-state index in [-0.39, 0.29) is 28.1 Å². The molecule has 0 spiro atoms. The second-order valence-corrected chi connectivity index (χ2v) is 9.37. The maximum absolute atomic E-state index is 12.5. The summed E-state index contributed by atoms with van der Waals surface area (Å²) in [4.78, 5) is 23.7. The second kappa shape index (κ2) is 8.10. The van der Waals surface area contributed by atoms with Crippen LogP contribution in [0.15, 0.2) is 56.9 Å². The molecule has 3 N–H and O–H groups in total. The van der Waals surface area contributed by atoms with Crippen LogP contribution in [-0.2, 0) is 10.0 Å². The number of nitrogens with one attached hydrogen (secondary N) is 2. The maximum atomic E-state index is 12.5. The number of hydrogen-bond donors (Lipinski definition) is 3. The topological polar surface area (TPSA) is 116 Å². The number of phenols is 1. The van der Waals surface area contributed by atoms with Gasteiger partial charge in [-0.15, -0.1) is 0 Å². The summed E-state index contributed by atoms with van der Waals surface area (Å²) in [7, 11) is -1.45. The molecule has 0 aliphatic carbocycles. The molecule has 0 radical (unpaired) electrons. The first-order valence-corrected chi connectivity index (χ1v) is 10.7. The minimum Gasteiger partial charge on any atom is -0.504 e. The Kier molecular flexibility index (Phi) is 5.89. The molecular weight excluding hydrogens is 430 g/mol. The van der Waals surface area contributed by atoms with Crippen LogP contribution >= 0.6 is 11.6 Å². The minimum absolute atomic E-state index is 0.0581. The monoisotopic (exact) mass is 449 g/mol. The Hall–Kier alpha value is -2.88. The largest absolute Gasteiger partial charge is 0.504 e. The molecule has 0 amide bonds. The Labute approximate surface area is 178 Å². The van der Waals surface area contributed by atoms with Crippen LogP contribution in [-0.4, -0.2) is 31.9 Å². The highest BCUT2D eigenvalue weighted by Crippen LogP contribution is 2.39. The summed E-state index contributed by atoms with van der Waals surface area (Å²) in [6, 6.07) is 11.7. The lowest BCUT2D eigenvalue weighted by Crippen LogP contribution is -2.37. The molecule has 0 unspecified atom stereocenters. The maximum Gasteiger partial charge on any atom is 0.253 e. The van der Waals surface area contributed by atoms with E-state index in [1.807, 2.05) is 37.3 Å². The summed E-state index contributed by atoms with van der Waals surface area (Å²) in [5.74, 6) is -0.647. The molecule has 3 aromatic carbocycles. The van der Waals surface area contributed by atoms with Gasteiger partial charge in [0.05, 0.1) is 10.7 Å². The van der Waals surface area contributed by atoms with Crippen molar-refractivity contribution in [2.24, 2.45) is 0 Å². The number of nitrogens with zero attached hydrogens (tertiary/aromatic N) is 1. The van der Waals surface area contributed by atoms with Gasteiger partial charge in [0.15, 0.2) is 5.75 Å². The second-order valence-electron chi connectivity index (χ2n) is 6.87. The van der Waals surface area contributed by atoms with Crippen molar-refractivity contribution in [2.45, 2.75) is 17.9 Å². The lowest BCUT2D eigenvalue weighted by atomic mass is 10.1. The van der Waals surface area contributed by atoms with Gasteiger partial charge in [-0.25, -0.2) is 12.7 Å². The van der Waals surface area contributed by atoms with Gasteiger partial charge in [0.25, 0.3) is 10.9 Å². The third kappa shape index (κ3) is 3.79. The normalized spacial score (nSPS) is 12.8. The average molecular weight is 450 g/mol. The molecule has 8 nitrogen and oxygen atoms in total. The number of phenolic OH excluding ortho intramolecular Hbond substituents is 1. The van der Waals surface area contributed by atoms with Crippen LogP contribution in [0.2, 0.25) is 5.02 Å². The molecule has 0 aromatic heterocycles. The Morgan fingerprint density at radius 1 is 1.00 bits per heavy atom. The smallest absolute Gasteiger partial charge is 0.253 e. The van der Waals surface area contributed by atoms with Crippen molar-refractivity contribution in [2.75, 3.05) is 24.7 Å². The standard InChI is InChI=1S/C20H20ClN3O5S/c1-11(12-7-5-4-6-8-12)22-15-16(19(27)18(15)26)23-14-10-9-13(21)20(17(14)25)30(28,29)24(2)3/h4-11,22-23,25H,1-3H3/t11-/m1/s1. The van der Waals surface area contributed by atoms with Gasteiger partial charge in [0.1, 0.15) is 16.3 Å². The number of benzene rings is 2. The van der Waals surface area contributed by atoms with Gasteiger partial charge in [-0.05, 0) is 24.6 Å². The first kappa shape index (κ1) is 21.8. The van der Waals surface area contributed by atoms with Gasteiger partial charge < -0.3 is 15.7 Å². The van der Waals surface area contributed by atoms with Gasteiger partial charge in [0, 0.05) is 20.1 Å². The van der Waals surface area contributed by atoms with Crippen molar-refractivity contribution in [1.29, 1.82) is 0 Å². The average Bonchev–Trinajstić information content (AvgIpc) is 2.71. The summed E-state index contributed by atoms with van der Waals surface area (Å²) in [5.41, 5.74) is -0.636. The number of aromatic hydroxyl groups is 1. The zero-order valence-electron chi connectivity index (χ0n) is 16.4. The molecule has 30 heavy (non-hydrogen) atoms. The lowest BCUT2D eigenvalue weighted by Gasteiger charge is -2.21. The van der Waals surface area contributed by atoms with E-state index in [0.29, 0.717) is 0 Å². The van der Waals surface area contributed by atoms with Crippen LogP contribution in [0, 0.1) is 0 Å². The molecule has 1 atom stereocenters. The molecule has 0 aliphatic rings. The zero-order chi connectivity index (χ0) is 22.2. The van der Waals surface area contributed by atoms with E-state index in [1.165, 1.54) is 26.2 Å². The minimum atomic E-state index is -4.05. The molecule has 158 valence electrons. The Morgan fingerprint density at radius 2 is 1.60 bits per heavy atom. The van der Waals surface area contributed by atoms with Gasteiger partial charge >= 0.3 is 0 Å². The van der Waals surface area contributed by atoms with Gasteiger partial charge in [0.2, 0.25) is 10.0 Å². The first-order valence-electron chi connectivity index (χ1n) is 8.91. The Balaban J connectivity index is 1.97. The highest BCUT2D eigenvalue weighted by atomic mass is 35.5. The molecule has 0 fully saturated rings. The van der Waals surface area contributed by atoms with E-state index in [4.69, 9.17) is 11.6 Å². The SMILES string of the molecule is C[C@@H](Nc1c(Nc2ccc(Cl)c(S(=O)(=O)N(C)C)c2O)c(=O)c1=O)c1ccccc1. The van der Waals surface area contributed by atoms with Gasteiger partial charge in [-0.1, -0.05) is 41.9 Å². The van der Waals surface area contributed by atoms with E-state index in [2.05, 4.69) is 10.6 Å². The quantitative estimate of drug-likeness (QED) is 0.375. The molecular formula is C20H20ClN3O5S. The van der Waals surface area contributed by atoms with Crippen LogP contribution in [0.1, 0.15) is 18.5 Å². The number of rotatable bonds is 7.